The van der Waals surface area contributed by atoms with Crippen molar-refractivity contribution in [2.45, 2.75) is 18.2 Å². The first-order chi connectivity index (χ1) is 9.92. The second-order valence-electron chi connectivity index (χ2n) is 4.29. The van der Waals surface area contributed by atoms with Gasteiger partial charge in [-0.25, -0.2) is 13.1 Å². The molecule has 0 aliphatic carbocycles. The largest absolute Gasteiger partial charge is 0.495 e. The summed E-state index contributed by atoms with van der Waals surface area (Å²) in [6, 6.07) is 4.42. The topological polar surface area (TPSA) is 120 Å². The smallest absolute Gasteiger partial charge is 0.244 e. The number of aryl methyl sites for hydroxylation is 1. The van der Waals surface area contributed by atoms with Crippen molar-refractivity contribution in [3.8, 4) is 5.75 Å². The lowest BCUT2D eigenvalue weighted by molar-refractivity contribution is 0.374. The highest BCUT2D eigenvalue weighted by Crippen LogP contribution is 2.25. The Hall–Kier alpha value is -2.13. The Kier molecular flexibility index (Phi) is 4.43. The summed E-state index contributed by atoms with van der Waals surface area (Å²) < 4.78 is 36.9. The maximum absolute atomic E-state index is 12.2. The Morgan fingerprint density at radius 3 is 2.81 bits per heavy atom. The highest BCUT2D eigenvalue weighted by Gasteiger charge is 2.19. The highest BCUT2D eigenvalue weighted by molar-refractivity contribution is 7.89. The van der Waals surface area contributed by atoms with Gasteiger partial charge in [-0.15, -0.1) is 0 Å². The van der Waals surface area contributed by atoms with E-state index in [0.29, 0.717) is 23.8 Å². The lowest BCUT2D eigenvalue weighted by Gasteiger charge is -2.10. The number of nitrogens with zero attached hydrogens (tertiary/aromatic N) is 2. The van der Waals surface area contributed by atoms with Crippen molar-refractivity contribution in [1.82, 2.24) is 14.9 Å². The number of methoxy groups -OCH3 is 1. The molecule has 0 spiro atoms. The van der Waals surface area contributed by atoms with E-state index in [1.54, 1.807) is 13.0 Å². The number of nitrogens with two attached hydrogens (primary N) is 1. The van der Waals surface area contributed by atoms with Crippen LogP contribution in [-0.2, 0) is 16.4 Å². The van der Waals surface area contributed by atoms with Gasteiger partial charge in [0.15, 0.2) is 5.82 Å². The summed E-state index contributed by atoms with van der Waals surface area (Å²) in [5.41, 5.74) is 5.96. The third-order valence-electron chi connectivity index (χ3n) is 2.68. The van der Waals surface area contributed by atoms with Crippen molar-refractivity contribution < 1.29 is 17.7 Å². The van der Waals surface area contributed by atoms with Crippen molar-refractivity contribution in [1.29, 1.82) is 0 Å². The van der Waals surface area contributed by atoms with Crippen molar-refractivity contribution in [2.24, 2.45) is 0 Å². The van der Waals surface area contributed by atoms with Crippen LogP contribution in [0.4, 0.5) is 5.69 Å². The third-order valence-corrected chi connectivity index (χ3v) is 4.16. The third kappa shape index (κ3) is 3.70. The summed E-state index contributed by atoms with van der Waals surface area (Å²) in [4.78, 5) is 3.99. The van der Waals surface area contributed by atoms with Gasteiger partial charge in [-0.3, -0.25) is 0 Å². The Morgan fingerprint density at radius 1 is 1.43 bits per heavy atom. The summed E-state index contributed by atoms with van der Waals surface area (Å²) in [6.07, 6.45) is 0.296. The predicted octanol–water partition coefficient (Wildman–Crippen LogP) is 0.490. The van der Waals surface area contributed by atoms with Crippen molar-refractivity contribution in [3.63, 3.8) is 0 Å². The van der Waals surface area contributed by atoms with Crippen LogP contribution in [0.25, 0.3) is 0 Å². The van der Waals surface area contributed by atoms with Crippen LogP contribution < -0.4 is 15.2 Å². The standard InChI is InChI=1S/C12H16N4O4S/c1-8-15-12(20-16-8)5-6-14-21(17,18)11-7-9(13)3-4-10(11)19-2/h3-4,7,14H,5-6,13H2,1-2H3. The molecule has 0 radical (unpaired) electrons. The van der Waals surface area contributed by atoms with Gasteiger partial charge in [-0.1, -0.05) is 5.16 Å². The molecule has 21 heavy (non-hydrogen) atoms. The molecule has 0 fully saturated rings. The second kappa shape index (κ2) is 6.10. The fourth-order valence-electron chi connectivity index (χ4n) is 1.71. The number of rotatable bonds is 6. The van der Waals surface area contributed by atoms with E-state index >= 15 is 0 Å². The molecule has 0 unspecified atom stereocenters. The quantitative estimate of drug-likeness (QED) is 0.745. The van der Waals surface area contributed by atoms with E-state index in [1.165, 1.54) is 19.2 Å². The summed E-state index contributed by atoms with van der Waals surface area (Å²) in [5, 5.41) is 3.63. The fraction of sp³-hybridized carbons (Fsp3) is 0.333. The first-order valence-corrected chi connectivity index (χ1v) is 7.63. The van der Waals surface area contributed by atoms with Crippen molar-refractivity contribution in [3.05, 3.63) is 29.9 Å². The fourth-order valence-corrected chi connectivity index (χ4v) is 2.95. The van der Waals surface area contributed by atoms with Crippen LogP contribution in [0.1, 0.15) is 11.7 Å². The van der Waals surface area contributed by atoms with Crippen LogP contribution in [0.5, 0.6) is 5.75 Å². The summed E-state index contributed by atoms with van der Waals surface area (Å²) in [5.74, 6) is 1.10. The normalized spacial score (nSPS) is 11.5. The summed E-state index contributed by atoms with van der Waals surface area (Å²) >= 11 is 0. The molecule has 9 heteroatoms. The molecule has 3 N–H and O–H groups in total. The van der Waals surface area contributed by atoms with Crippen LogP contribution in [-0.4, -0.2) is 32.2 Å². The van der Waals surface area contributed by atoms with Gasteiger partial charge >= 0.3 is 0 Å². The molecule has 2 rings (SSSR count). The lowest BCUT2D eigenvalue weighted by atomic mass is 10.3. The SMILES string of the molecule is COc1ccc(N)cc1S(=O)(=O)NCCc1nc(C)no1. The van der Waals surface area contributed by atoms with E-state index in [4.69, 9.17) is 15.0 Å². The Bertz CT molecular complexity index is 727. The second-order valence-corrected chi connectivity index (χ2v) is 6.03. The molecule has 114 valence electrons. The molecule has 1 heterocycles. The molecule has 0 saturated heterocycles. The van der Waals surface area contributed by atoms with Crippen LogP contribution in [0.3, 0.4) is 0 Å². The number of hydrogen-bond acceptors (Lipinski definition) is 7. The van der Waals surface area contributed by atoms with Crippen LogP contribution >= 0.6 is 0 Å². The minimum atomic E-state index is -3.73. The molecule has 1 aromatic heterocycles. The van der Waals surface area contributed by atoms with E-state index in [0.717, 1.165) is 0 Å². The van der Waals surface area contributed by atoms with Gasteiger partial charge in [0.25, 0.3) is 0 Å². The molecule has 0 amide bonds. The molecule has 0 aliphatic heterocycles. The van der Waals surface area contributed by atoms with Gasteiger partial charge in [0, 0.05) is 18.7 Å². The number of aromatic nitrogens is 2. The maximum atomic E-state index is 12.2. The number of anilines is 1. The van der Waals surface area contributed by atoms with Gasteiger partial charge in [0.1, 0.15) is 10.6 Å². The van der Waals surface area contributed by atoms with Crippen molar-refractivity contribution >= 4 is 15.7 Å². The predicted molar refractivity (Wildman–Crippen MR) is 75.3 cm³/mol. The van der Waals surface area contributed by atoms with Crippen LogP contribution in [0, 0.1) is 6.92 Å². The minimum absolute atomic E-state index is 0.00768. The first-order valence-electron chi connectivity index (χ1n) is 6.15. The Balaban J connectivity index is 2.09. The molecular formula is C12H16N4O4S. The van der Waals surface area contributed by atoms with Gasteiger partial charge < -0.3 is 15.0 Å². The number of nitrogens with one attached hydrogen (secondary N) is 1. The number of hydrogen-bond donors (Lipinski definition) is 2. The molecule has 0 bridgehead atoms. The monoisotopic (exact) mass is 312 g/mol. The summed E-state index contributed by atoms with van der Waals surface area (Å²) in [7, 11) is -2.34. The Labute approximate surface area is 122 Å². The minimum Gasteiger partial charge on any atom is -0.495 e. The molecular weight excluding hydrogens is 296 g/mol. The van der Waals surface area contributed by atoms with Gasteiger partial charge in [0.05, 0.1) is 7.11 Å². The van der Waals surface area contributed by atoms with Gasteiger partial charge in [0.2, 0.25) is 15.9 Å². The number of sulfonamides is 1. The molecule has 0 saturated carbocycles. The number of benzene rings is 1. The van der Waals surface area contributed by atoms with E-state index in [-0.39, 0.29) is 17.2 Å². The van der Waals surface area contributed by atoms with Gasteiger partial charge in [-0.2, -0.15) is 4.98 Å². The summed E-state index contributed by atoms with van der Waals surface area (Å²) in [6.45, 7) is 1.82. The molecule has 2 aromatic rings. The maximum Gasteiger partial charge on any atom is 0.244 e. The highest BCUT2D eigenvalue weighted by atomic mass is 32.2. The molecule has 1 aromatic carbocycles. The van der Waals surface area contributed by atoms with Crippen LogP contribution in [0.15, 0.2) is 27.6 Å². The Morgan fingerprint density at radius 2 is 2.19 bits per heavy atom. The van der Waals surface area contributed by atoms with E-state index in [2.05, 4.69) is 14.9 Å². The molecule has 0 atom stereocenters. The number of nitrogen functional groups attached to an aromatic ring is 1. The zero-order valence-electron chi connectivity index (χ0n) is 11.7. The average Bonchev–Trinajstić information content (AvgIpc) is 2.84. The zero-order valence-corrected chi connectivity index (χ0v) is 12.5. The molecule has 0 aliphatic rings. The number of ether oxygens (including phenoxy) is 1. The molecule has 8 nitrogen and oxygen atoms in total. The van der Waals surface area contributed by atoms with Crippen LogP contribution in [0.2, 0.25) is 0 Å². The lowest BCUT2D eigenvalue weighted by Crippen LogP contribution is -2.26. The van der Waals surface area contributed by atoms with E-state index < -0.39 is 10.0 Å². The first kappa shape index (κ1) is 15.3. The van der Waals surface area contributed by atoms with E-state index in [9.17, 15) is 8.42 Å². The van der Waals surface area contributed by atoms with Gasteiger partial charge in [-0.05, 0) is 25.1 Å². The van der Waals surface area contributed by atoms with E-state index in [1.807, 2.05) is 0 Å². The zero-order chi connectivity index (χ0) is 15.5. The average molecular weight is 312 g/mol. The van der Waals surface area contributed by atoms with Crippen molar-refractivity contribution in [2.75, 3.05) is 19.4 Å².